The van der Waals surface area contributed by atoms with Gasteiger partial charge in [0, 0.05) is 35.7 Å². The van der Waals surface area contributed by atoms with E-state index in [0.29, 0.717) is 6.04 Å². The van der Waals surface area contributed by atoms with Gasteiger partial charge in [0.2, 0.25) is 0 Å². The first-order valence-electron chi connectivity index (χ1n) is 7.48. The molecule has 1 atom stereocenters. The summed E-state index contributed by atoms with van der Waals surface area (Å²) in [6.07, 6.45) is 0. The summed E-state index contributed by atoms with van der Waals surface area (Å²) in [6.45, 7) is 9.56. The Morgan fingerprint density at radius 1 is 1.33 bits per heavy atom. The highest BCUT2D eigenvalue weighted by Gasteiger charge is 2.33. The molecule has 1 aliphatic rings. The lowest BCUT2D eigenvalue weighted by atomic mass is 9.95. The van der Waals surface area contributed by atoms with Gasteiger partial charge in [-0.1, -0.05) is 30.3 Å². The van der Waals surface area contributed by atoms with Crippen LogP contribution in [0.25, 0.3) is 0 Å². The molecule has 0 amide bonds. The van der Waals surface area contributed by atoms with E-state index < -0.39 is 0 Å². The minimum atomic E-state index is 0.150. The first-order valence-corrected chi connectivity index (χ1v) is 8.36. The Morgan fingerprint density at radius 3 is 2.76 bits per heavy atom. The highest BCUT2D eigenvalue weighted by Crippen LogP contribution is 2.29. The highest BCUT2D eigenvalue weighted by molar-refractivity contribution is 7.09. The fourth-order valence-electron chi connectivity index (χ4n) is 2.99. The summed E-state index contributed by atoms with van der Waals surface area (Å²) >= 11 is 1.77. The molecule has 0 saturated carbocycles. The summed E-state index contributed by atoms with van der Waals surface area (Å²) in [4.78, 5) is 7.20. The third-order valence-corrected chi connectivity index (χ3v) is 4.95. The second-order valence-electron chi connectivity index (χ2n) is 6.48. The van der Waals surface area contributed by atoms with Crippen molar-refractivity contribution in [2.45, 2.75) is 38.9 Å². The van der Waals surface area contributed by atoms with Crippen LogP contribution in [-0.4, -0.2) is 28.5 Å². The van der Waals surface area contributed by atoms with E-state index in [1.807, 2.05) is 0 Å². The van der Waals surface area contributed by atoms with Crippen molar-refractivity contribution in [1.29, 1.82) is 0 Å². The number of nitrogens with one attached hydrogen (secondary N) is 1. The molecule has 1 unspecified atom stereocenters. The largest absolute Gasteiger partial charge is 0.309 e. The van der Waals surface area contributed by atoms with E-state index in [4.69, 9.17) is 0 Å². The summed E-state index contributed by atoms with van der Waals surface area (Å²) < 4.78 is 0. The highest BCUT2D eigenvalue weighted by atomic mass is 32.1. The zero-order valence-electron chi connectivity index (χ0n) is 13.0. The molecule has 1 N–H and O–H groups in total. The maximum Gasteiger partial charge on any atom is 0.107 e. The Hall–Kier alpha value is -1.23. The van der Waals surface area contributed by atoms with Crippen molar-refractivity contribution in [3.05, 3.63) is 52.0 Å². The van der Waals surface area contributed by atoms with Crippen LogP contribution < -0.4 is 5.32 Å². The van der Waals surface area contributed by atoms with Gasteiger partial charge in [-0.15, -0.1) is 11.3 Å². The van der Waals surface area contributed by atoms with Crippen LogP contribution in [0.2, 0.25) is 0 Å². The number of aromatic nitrogens is 1. The van der Waals surface area contributed by atoms with Crippen LogP contribution in [0.1, 0.15) is 36.2 Å². The Morgan fingerprint density at radius 2 is 2.10 bits per heavy atom. The molecule has 3 rings (SSSR count). The summed E-state index contributed by atoms with van der Waals surface area (Å²) in [7, 11) is 0. The average molecular weight is 301 g/mol. The monoisotopic (exact) mass is 301 g/mol. The van der Waals surface area contributed by atoms with Crippen LogP contribution in [0, 0.1) is 6.92 Å². The van der Waals surface area contributed by atoms with E-state index in [9.17, 15) is 0 Å². The maximum atomic E-state index is 4.64. The van der Waals surface area contributed by atoms with Crippen molar-refractivity contribution in [3.63, 3.8) is 0 Å². The average Bonchev–Trinajstić information content (AvgIpc) is 2.84. The molecule has 1 saturated heterocycles. The molecule has 112 valence electrons. The number of aryl methyl sites for hydroxylation is 1. The molecule has 21 heavy (non-hydrogen) atoms. The molecule has 0 radical (unpaired) electrons. The van der Waals surface area contributed by atoms with Gasteiger partial charge in [-0.25, -0.2) is 4.98 Å². The Balaban J connectivity index is 1.83. The molecular weight excluding hydrogens is 278 g/mol. The fraction of sp³-hybridized carbons (Fsp3) is 0.471. The smallest absolute Gasteiger partial charge is 0.107 e. The molecular formula is C17H23N3S. The second kappa shape index (κ2) is 5.87. The summed E-state index contributed by atoms with van der Waals surface area (Å²) in [5.74, 6) is 0. The predicted molar refractivity (Wildman–Crippen MR) is 88.5 cm³/mol. The van der Waals surface area contributed by atoms with E-state index >= 15 is 0 Å². The van der Waals surface area contributed by atoms with Gasteiger partial charge in [0.1, 0.15) is 5.01 Å². The van der Waals surface area contributed by atoms with Crippen LogP contribution in [0.15, 0.2) is 35.7 Å². The van der Waals surface area contributed by atoms with Gasteiger partial charge in [0.15, 0.2) is 0 Å². The first kappa shape index (κ1) is 14.7. The van der Waals surface area contributed by atoms with Crippen LogP contribution in [0.5, 0.6) is 0 Å². The summed E-state index contributed by atoms with van der Waals surface area (Å²) in [5.41, 5.74) is 2.66. The number of rotatable bonds is 3. The van der Waals surface area contributed by atoms with Crippen LogP contribution in [-0.2, 0) is 6.54 Å². The number of hydrogen-bond acceptors (Lipinski definition) is 4. The van der Waals surface area contributed by atoms with Gasteiger partial charge in [0.05, 0.1) is 6.54 Å². The SMILES string of the molecule is Cc1csc(CN2CC(C)(C)NCC2c2ccccc2)n1. The van der Waals surface area contributed by atoms with Gasteiger partial charge >= 0.3 is 0 Å². The molecule has 2 heterocycles. The van der Waals surface area contributed by atoms with E-state index in [0.717, 1.165) is 25.3 Å². The van der Waals surface area contributed by atoms with E-state index in [1.165, 1.54) is 10.6 Å². The Kier molecular flexibility index (Phi) is 4.11. The standard InChI is InChI=1S/C17H23N3S/c1-13-11-21-16(19-13)10-20-12-17(2,3)18-9-15(20)14-7-5-4-6-8-14/h4-8,11,15,18H,9-10,12H2,1-3H3. The molecule has 1 aromatic heterocycles. The topological polar surface area (TPSA) is 28.2 Å². The van der Waals surface area contributed by atoms with Crippen LogP contribution >= 0.6 is 11.3 Å². The maximum absolute atomic E-state index is 4.64. The fourth-order valence-corrected chi connectivity index (χ4v) is 3.79. The van der Waals surface area contributed by atoms with Crippen molar-refractivity contribution in [2.24, 2.45) is 0 Å². The number of nitrogens with zero attached hydrogens (tertiary/aromatic N) is 2. The van der Waals surface area contributed by atoms with Gasteiger partial charge in [-0.3, -0.25) is 4.90 Å². The van der Waals surface area contributed by atoms with Gasteiger partial charge in [-0.2, -0.15) is 0 Å². The second-order valence-corrected chi connectivity index (χ2v) is 7.42. The van der Waals surface area contributed by atoms with E-state index in [-0.39, 0.29) is 5.54 Å². The molecule has 3 nitrogen and oxygen atoms in total. The number of thiazole rings is 1. The molecule has 2 aromatic rings. The van der Waals surface area contributed by atoms with Crippen LogP contribution in [0.4, 0.5) is 0 Å². The van der Waals surface area contributed by atoms with Gasteiger partial charge < -0.3 is 5.32 Å². The molecule has 1 aliphatic heterocycles. The molecule has 0 aliphatic carbocycles. The molecule has 1 fully saturated rings. The van der Waals surface area contributed by atoms with Crippen molar-refractivity contribution >= 4 is 11.3 Å². The number of benzene rings is 1. The lowest BCUT2D eigenvalue weighted by Gasteiger charge is -2.44. The number of piperazine rings is 1. The lowest BCUT2D eigenvalue weighted by molar-refractivity contribution is 0.0879. The molecule has 0 bridgehead atoms. The molecule has 0 spiro atoms. The number of hydrogen-bond donors (Lipinski definition) is 1. The third kappa shape index (κ3) is 3.51. The predicted octanol–water partition coefficient (Wildman–Crippen LogP) is 3.38. The third-order valence-electron chi connectivity index (χ3n) is 4.00. The normalized spacial score (nSPS) is 22.3. The zero-order chi connectivity index (χ0) is 14.9. The Labute approximate surface area is 131 Å². The van der Waals surface area contributed by atoms with Crippen LogP contribution in [0.3, 0.4) is 0 Å². The molecule has 4 heteroatoms. The van der Waals surface area contributed by atoms with Crippen molar-refractivity contribution < 1.29 is 0 Å². The first-order chi connectivity index (χ1) is 10.0. The molecule has 1 aromatic carbocycles. The zero-order valence-corrected chi connectivity index (χ0v) is 13.8. The minimum Gasteiger partial charge on any atom is -0.309 e. The van der Waals surface area contributed by atoms with Crippen molar-refractivity contribution in [3.8, 4) is 0 Å². The lowest BCUT2D eigenvalue weighted by Crippen LogP contribution is -2.57. The Bertz CT molecular complexity index is 591. The van der Waals surface area contributed by atoms with Gasteiger partial charge in [-0.05, 0) is 26.3 Å². The van der Waals surface area contributed by atoms with E-state index in [2.05, 4.69) is 71.7 Å². The van der Waals surface area contributed by atoms with Gasteiger partial charge in [0.25, 0.3) is 0 Å². The minimum absolute atomic E-state index is 0.150. The quantitative estimate of drug-likeness (QED) is 0.942. The van der Waals surface area contributed by atoms with E-state index in [1.54, 1.807) is 11.3 Å². The van der Waals surface area contributed by atoms with Crippen molar-refractivity contribution in [1.82, 2.24) is 15.2 Å². The summed E-state index contributed by atoms with van der Waals surface area (Å²) in [6, 6.07) is 11.2. The summed E-state index contributed by atoms with van der Waals surface area (Å²) in [5, 5.41) is 7.02. The van der Waals surface area contributed by atoms with Crippen molar-refractivity contribution in [2.75, 3.05) is 13.1 Å².